The number of hydrogen-bond donors (Lipinski definition) is 1. The topological polar surface area (TPSA) is 38.3 Å². The lowest BCUT2D eigenvalue weighted by Crippen LogP contribution is -2.20. The van der Waals surface area contributed by atoms with Gasteiger partial charge in [-0.25, -0.2) is 26.7 Å². The second-order valence-electron chi connectivity index (χ2n) is 3.77. The van der Waals surface area contributed by atoms with E-state index in [1.807, 2.05) is 0 Å². The summed E-state index contributed by atoms with van der Waals surface area (Å²) in [6.07, 6.45) is -1.40. The Morgan fingerprint density at radius 3 is 1.81 bits per heavy atom. The molecule has 2 aromatic carbocycles. The van der Waals surface area contributed by atoms with Gasteiger partial charge >= 0.3 is 6.09 Å². The standard InChI is InChI=1S/C13H6F5NO2/c14-7-8(15)10(17)12(11(18)9(7)16)19-13(20)21-6-4-2-1-3-5-6/h1-5H,(H,19,20). The Morgan fingerprint density at radius 2 is 1.29 bits per heavy atom. The molecule has 0 aromatic heterocycles. The number of para-hydroxylation sites is 1. The number of hydrogen-bond acceptors (Lipinski definition) is 2. The fourth-order valence-electron chi connectivity index (χ4n) is 1.44. The summed E-state index contributed by atoms with van der Waals surface area (Å²) < 4.78 is 69.9. The lowest BCUT2D eigenvalue weighted by molar-refractivity contribution is 0.214. The van der Waals surface area contributed by atoms with E-state index >= 15 is 0 Å². The summed E-state index contributed by atoms with van der Waals surface area (Å²) in [7, 11) is 0. The summed E-state index contributed by atoms with van der Waals surface area (Å²) >= 11 is 0. The summed E-state index contributed by atoms with van der Waals surface area (Å²) in [5.74, 6) is -10.9. The highest BCUT2D eigenvalue weighted by Crippen LogP contribution is 2.27. The summed E-state index contributed by atoms with van der Waals surface area (Å²) in [5, 5.41) is 1.48. The maximum Gasteiger partial charge on any atom is 0.417 e. The Hall–Kier alpha value is -2.64. The predicted octanol–water partition coefficient (Wildman–Crippen LogP) is 3.99. The first-order valence-corrected chi connectivity index (χ1v) is 5.47. The van der Waals surface area contributed by atoms with E-state index in [1.165, 1.54) is 29.6 Å². The van der Waals surface area contributed by atoms with Gasteiger partial charge in [0.15, 0.2) is 23.3 Å². The van der Waals surface area contributed by atoms with Gasteiger partial charge in [-0.15, -0.1) is 0 Å². The van der Waals surface area contributed by atoms with Crippen LogP contribution in [0.4, 0.5) is 32.4 Å². The van der Waals surface area contributed by atoms with E-state index in [4.69, 9.17) is 0 Å². The number of anilines is 1. The first-order valence-electron chi connectivity index (χ1n) is 5.47. The first-order chi connectivity index (χ1) is 9.91. The number of amides is 1. The van der Waals surface area contributed by atoms with Crippen LogP contribution in [0.3, 0.4) is 0 Å². The van der Waals surface area contributed by atoms with Crippen molar-refractivity contribution in [1.29, 1.82) is 0 Å². The summed E-state index contributed by atoms with van der Waals surface area (Å²) in [5.41, 5.74) is -1.48. The third-order valence-electron chi connectivity index (χ3n) is 2.39. The molecule has 2 rings (SSSR count). The van der Waals surface area contributed by atoms with E-state index in [9.17, 15) is 26.7 Å². The van der Waals surface area contributed by atoms with Gasteiger partial charge in [0.25, 0.3) is 0 Å². The van der Waals surface area contributed by atoms with Crippen LogP contribution < -0.4 is 10.1 Å². The molecule has 21 heavy (non-hydrogen) atoms. The molecule has 1 N–H and O–H groups in total. The molecule has 3 nitrogen and oxygen atoms in total. The smallest absolute Gasteiger partial charge is 0.410 e. The molecule has 0 saturated heterocycles. The van der Waals surface area contributed by atoms with Crippen molar-refractivity contribution < 1.29 is 31.5 Å². The second-order valence-corrected chi connectivity index (χ2v) is 3.77. The van der Waals surface area contributed by atoms with Crippen LogP contribution in [0.2, 0.25) is 0 Å². The van der Waals surface area contributed by atoms with Crippen molar-refractivity contribution in [2.45, 2.75) is 0 Å². The SMILES string of the molecule is O=C(Nc1c(F)c(F)c(F)c(F)c1F)Oc1ccccc1. The van der Waals surface area contributed by atoms with Crippen molar-refractivity contribution >= 4 is 11.8 Å². The zero-order valence-electron chi connectivity index (χ0n) is 10.1. The van der Waals surface area contributed by atoms with E-state index in [-0.39, 0.29) is 5.75 Å². The molecule has 0 aliphatic rings. The van der Waals surface area contributed by atoms with E-state index < -0.39 is 40.9 Å². The lowest BCUT2D eigenvalue weighted by atomic mass is 10.2. The average molecular weight is 303 g/mol. The molecule has 0 saturated carbocycles. The van der Waals surface area contributed by atoms with Gasteiger partial charge in [0, 0.05) is 0 Å². The molecule has 0 heterocycles. The number of ether oxygens (including phenoxy) is 1. The van der Waals surface area contributed by atoms with Crippen molar-refractivity contribution in [3.05, 3.63) is 59.4 Å². The number of halogens is 5. The lowest BCUT2D eigenvalue weighted by Gasteiger charge is -2.10. The number of carbonyl (C=O) groups is 1. The van der Waals surface area contributed by atoms with Crippen LogP contribution in [0, 0.1) is 29.1 Å². The highest BCUT2D eigenvalue weighted by atomic mass is 19.2. The van der Waals surface area contributed by atoms with Crippen molar-refractivity contribution in [3.63, 3.8) is 0 Å². The van der Waals surface area contributed by atoms with Gasteiger partial charge in [-0.3, -0.25) is 5.32 Å². The molecule has 0 bridgehead atoms. The Bertz CT molecular complexity index is 662. The molecule has 0 spiro atoms. The third kappa shape index (κ3) is 2.93. The Morgan fingerprint density at radius 1 is 0.810 bits per heavy atom. The number of carbonyl (C=O) groups excluding carboxylic acids is 1. The maximum atomic E-state index is 13.3. The molecule has 8 heteroatoms. The quantitative estimate of drug-likeness (QED) is 0.517. The van der Waals surface area contributed by atoms with Crippen LogP contribution in [-0.4, -0.2) is 6.09 Å². The minimum absolute atomic E-state index is 0.0267. The second kappa shape index (κ2) is 5.78. The monoisotopic (exact) mass is 303 g/mol. The van der Waals surface area contributed by atoms with Gasteiger partial charge in [-0.1, -0.05) is 18.2 Å². The van der Waals surface area contributed by atoms with Crippen LogP contribution in [0.25, 0.3) is 0 Å². The molecular formula is C13H6F5NO2. The minimum Gasteiger partial charge on any atom is -0.410 e. The van der Waals surface area contributed by atoms with Crippen LogP contribution in [0.15, 0.2) is 30.3 Å². The molecule has 110 valence electrons. The summed E-state index contributed by atoms with van der Waals surface area (Å²) in [6, 6.07) is 7.37. The number of rotatable bonds is 2. The van der Waals surface area contributed by atoms with E-state index in [0.29, 0.717) is 0 Å². The van der Waals surface area contributed by atoms with Crippen LogP contribution in [0.5, 0.6) is 5.75 Å². The highest BCUT2D eigenvalue weighted by molar-refractivity contribution is 5.86. The molecule has 0 fully saturated rings. The highest BCUT2D eigenvalue weighted by Gasteiger charge is 2.27. The summed E-state index contributed by atoms with van der Waals surface area (Å²) in [6.45, 7) is 0. The molecule has 0 aliphatic heterocycles. The Balaban J connectivity index is 2.26. The Labute approximate surface area is 115 Å². The van der Waals surface area contributed by atoms with E-state index in [2.05, 4.69) is 4.74 Å². The normalized spacial score (nSPS) is 10.3. The molecule has 0 aliphatic carbocycles. The number of benzene rings is 2. The van der Waals surface area contributed by atoms with Crippen LogP contribution >= 0.6 is 0 Å². The first kappa shape index (κ1) is 14.8. The minimum atomic E-state index is -2.31. The fourth-order valence-corrected chi connectivity index (χ4v) is 1.44. The van der Waals surface area contributed by atoms with Crippen molar-refractivity contribution in [2.24, 2.45) is 0 Å². The van der Waals surface area contributed by atoms with Gasteiger partial charge in [0.1, 0.15) is 11.4 Å². The third-order valence-corrected chi connectivity index (χ3v) is 2.39. The van der Waals surface area contributed by atoms with E-state index in [1.54, 1.807) is 6.07 Å². The van der Waals surface area contributed by atoms with Crippen molar-refractivity contribution in [1.82, 2.24) is 0 Å². The molecule has 0 unspecified atom stereocenters. The molecule has 2 aromatic rings. The zero-order chi connectivity index (χ0) is 15.6. The van der Waals surface area contributed by atoms with Crippen molar-refractivity contribution in [2.75, 3.05) is 5.32 Å². The zero-order valence-corrected chi connectivity index (χ0v) is 10.1. The van der Waals surface area contributed by atoms with Gasteiger partial charge in [-0.05, 0) is 12.1 Å². The van der Waals surface area contributed by atoms with Crippen LogP contribution in [0.1, 0.15) is 0 Å². The maximum absolute atomic E-state index is 13.3. The molecular weight excluding hydrogens is 297 g/mol. The van der Waals surface area contributed by atoms with Gasteiger partial charge in [-0.2, -0.15) is 0 Å². The fraction of sp³-hybridized carbons (Fsp3) is 0. The van der Waals surface area contributed by atoms with Gasteiger partial charge in [0.2, 0.25) is 5.82 Å². The molecule has 0 radical (unpaired) electrons. The summed E-state index contributed by atoms with van der Waals surface area (Å²) in [4.78, 5) is 11.4. The Kier molecular flexibility index (Phi) is 4.06. The predicted molar refractivity (Wildman–Crippen MR) is 62.3 cm³/mol. The molecule has 1 amide bonds. The largest absolute Gasteiger partial charge is 0.417 e. The number of nitrogens with one attached hydrogen (secondary N) is 1. The van der Waals surface area contributed by atoms with E-state index in [0.717, 1.165) is 0 Å². The van der Waals surface area contributed by atoms with Crippen molar-refractivity contribution in [3.8, 4) is 5.75 Å². The molecule has 0 atom stereocenters. The van der Waals surface area contributed by atoms with Crippen LogP contribution in [-0.2, 0) is 0 Å². The van der Waals surface area contributed by atoms with Gasteiger partial charge < -0.3 is 4.74 Å². The average Bonchev–Trinajstić information content (AvgIpc) is 2.48. The van der Waals surface area contributed by atoms with Gasteiger partial charge in [0.05, 0.1) is 0 Å².